The highest BCUT2D eigenvalue weighted by Crippen LogP contribution is 2.68. The second kappa shape index (κ2) is 2.48. The average Bonchev–Trinajstić information content (AvgIpc) is 2.21. The highest BCUT2D eigenvalue weighted by Gasteiger charge is 2.64. The average molecular weight is 168 g/mol. The van der Waals surface area contributed by atoms with Gasteiger partial charge in [0, 0.05) is 6.54 Å². The van der Waals surface area contributed by atoms with Gasteiger partial charge in [-0.05, 0) is 23.7 Å². The summed E-state index contributed by atoms with van der Waals surface area (Å²) in [4.78, 5) is 4.27. The Bertz CT molecular complexity index is 196. The van der Waals surface area contributed by atoms with Crippen molar-refractivity contribution in [2.45, 2.75) is 34.6 Å². The van der Waals surface area contributed by atoms with E-state index in [1.54, 1.807) is 0 Å². The summed E-state index contributed by atoms with van der Waals surface area (Å²) in [7, 11) is 0. The van der Waals surface area contributed by atoms with Crippen molar-refractivity contribution in [2.24, 2.45) is 27.5 Å². The molecule has 2 nitrogen and oxygen atoms in total. The van der Waals surface area contributed by atoms with Gasteiger partial charge in [0.2, 0.25) is 0 Å². The van der Waals surface area contributed by atoms with Gasteiger partial charge in [0.1, 0.15) is 0 Å². The van der Waals surface area contributed by atoms with E-state index in [4.69, 9.17) is 5.73 Å². The highest BCUT2D eigenvalue weighted by molar-refractivity contribution is 5.77. The van der Waals surface area contributed by atoms with Crippen LogP contribution in [0.5, 0.6) is 0 Å². The lowest BCUT2D eigenvalue weighted by atomic mass is 10.0. The van der Waals surface area contributed by atoms with Gasteiger partial charge in [0.05, 0.1) is 5.84 Å². The molecular formula is C10H20N2. The molecule has 0 aromatic heterocycles. The van der Waals surface area contributed by atoms with Crippen LogP contribution in [-0.4, -0.2) is 12.4 Å². The molecule has 0 aromatic rings. The summed E-state index contributed by atoms with van der Waals surface area (Å²) in [6.45, 7) is 12.0. The van der Waals surface area contributed by atoms with Crippen molar-refractivity contribution in [3.63, 3.8) is 0 Å². The van der Waals surface area contributed by atoms with Gasteiger partial charge in [0.25, 0.3) is 0 Å². The smallest absolute Gasteiger partial charge is 0.0905 e. The number of nitrogens with two attached hydrogens (primary N) is 1. The molecule has 0 aromatic carbocycles. The second-order valence-electron chi connectivity index (χ2n) is 4.98. The lowest BCUT2D eigenvalue weighted by molar-refractivity contribution is 0.457. The first-order chi connectivity index (χ1) is 5.30. The maximum absolute atomic E-state index is 5.50. The number of amidine groups is 1. The molecule has 1 rings (SSSR count). The van der Waals surface area contributed by atoms with Crippen LogP contribution < -0.4 is 5.73 Å². The molecule has 0 amide bonds. The first kappa shape index (κ1) is 9.56. The van der Waals surface area contributed by atoms with Gasteiger partial charge in [-0.1, -0.05) is 27.7 Å². The number of aliphatic imine (C=N–C) groups is 1. The van der Waals surface area contributed by atoms with Gasteiger partial charge < -0.3 is 5.73 Å². The Kier molecular flexibility index (Phi) is 1.97. The molecule has 1 aliphatic carbocycles. The van der Waals surface area contributed by atoms with E-state index < -0.39 is 0 Å². The van der Waals surface area contributed by atoms with E-state index in [2.05, 4.69) is 32.7 Å². The topological polar surface area (TPSA) is 38.4 Å². The van der Waals surface area contributed by atoms with Crippen LogP contribution in [-0.2, 0) is 0 Å². The van der Waals surface area contributed by atoms with Crippen LogP contribution in [0.1, 0.15) is 34.6 Å². The Morgan fingerprint density at radius 1 is 1.25 bits per heavy atom. The molecule has 0 atom stereocenters. The van der Waals surface area contributed by atoms with Crippen LogP contribution in [0.3, 0.4) is 0 Å². The third-order valence-electron chi connectivity index (χ3n) is 3.84. The summed E-state index contributed by atoms with van der Waals surface area (Å²) in [5, 5.41) is 0. The minimum atomic E-state index is 0.436. The van der Waals surface area contributed by atoms with Crippen molar-refractivity contribution in [1.29, 1.82) is 0 Å². The molecule has 0 radical (unpaired) electrons. The number of hydrogen-bond acceptors (Lipinski definition) is 1. The van der Waals surface area contributed by atoms with Crippen LogP contribution in [0.15, 0.2) is 4.99 Å². The van der Waals surface area contributed by atoms with E-state index in [0.717, 1.165) is 6.54 Å². The lowest BCUT2D eigenvalue weighted by Crippen LogP contribution is -2.07. The van der Waals surface area contributed by atoms with Crippen LogP contribution in [0.2, 0.25) is 0 Å². The van der Waals surface area contributed by atoms with Gasteiger partial charge >= 0.3 is 0 Å². The molecule has 0 spiro atoms. The quantitative estimate of drug-likeness (QED) is 0.497. The maximum Gasteiger partial charge on any atom is 0.0905 e. The van der Waals surface area contributed by atoms with Gasteiger partial charge in [-0.25, -0.2) is 0 Å². The molecule has 0 unspecified atom stereocenters. The van der Waals surface area contributed by atoms with Gasteiger partial charge in [-0.15, -0.1) is 0 Å². The van der Waals surface area contributed by atoms with Crippen molar-refractivity contribution < 1.29 is 0 Å². The standard InChI is InChI=1S/C10H20N2/c1-7(11)12-6-8-9(2,3)10(8,4)5/h8H,6H2,1-5H3,(H2,11,12). The van der Waals surface area contributed by atoms with E-state index in [9.17, 15) is 0 Å². The minimum Gasteiger partial charge on any atom is -0.388 e. The molecule has 1 saturated carbocycles. The van der Waals surface area contributed by atoms with Crippen molar-refractivity contribution in [1.82, 2.24) is 0 Å². The maximum atomic E-state index is 5.50. The van der Waals surface area contributed by atoms with Crippen LogP contribution in [0, 0.1) is 16.7 Å². The summed E-state index contributed by atoms with van der Waals surface area (Å²) in [5.41, 5.74) is 6.37. The Labute approximate surface area is 75.3 Å². The number of nitrogens with zero attached hydrogens (tertiary/aromatic N) is 1. The summed E-state index contributed by atoms with van der Waals surface area (Å²) in [5.74, 6) is 1.40. The summed E-state index contributed by atoms with van der Waals surface area (Å²) in [6.07, 6.45) is 0. The largest absolute Gasteiger partial charge is 0.388 e. The van der Waals surface area contributed by atoms with E-state index in [-0.39, 0.29) is 0 Å². The fraction of sp³-hybridized carbons (Fsp3) is 0.900. The number of hydrogen-bond donors (Lipinski definition) is 1. The zero-order chi connectivity index (χ0) is 9.57. The minimum absolute atomic E-state index is 0.436. The molecule has 0 heterocycles. The van der Waals surface area contributed by atoms with Crippen molar-refractivity contribution in [3.05, 3.63) is 0 Å². The molecule has 1 fully saturated rings. The highest BCUT2D eigenvalue weighted by atomic mass is 14.9. The zero-order valence-corrected chi connectivity index (χ0v) is 8.81. The zero-order valence-electron chi connectivity index (χ0n) is 8.81. The molecule has 0 bridgehead atoms. The molecule has 2 heteroatoms. The molecule has 12 heavy (non-hydrogen) atoms. The number of rotatable bonds is 2. The Morgan fingerprint density at radius 2 is 1.67 bits per heavy atom. The molecule has 0 saturated heterocycles. The second-order valence-corrected chi connectivity index (χ2v) is 4.98. The summed E-state index contributed by atoms with van der Waals surface area (Å²) < 4.78 is 0. The fourth-order valence-electron chi connectivity index (χ4n) is 2.02. The van der Waals surface area contributed by atoms with E-state index in [0.29, 0.717) is 22.6 Å². The van der Waals surface area contributed by atoms with Gasteiger partial charge in [-0.3, -0.25) is 4.99 Å². The SMILES string of the molecule is CC(N)=NCC1C(C)(C)C1(C)C. The van der Waals surface area contributed by atoms with Gasteiger partial charge in [-0.2, -0.15) is 0 Å². The van der Waals surface area contributed by atoms with E-state index >= 15 is 0 Å². The van der Waals surface area contributed by atoms with E-state index in [1.165, 1.54) is 0 Å². The molecule has 2 N–H and O–H groups in total. The van der Waals surface area contributed by atoms with Gasteiger partial charge in [0.15, 0.2) is 0 Å². The monoisotopic (exact) mass is 168 g/mol. The molecule has 70 valence electrons. The third-order valence-corrected chi connectivity index (χ3v) is 3.84. The summed E-state index contributed by atoms with van der Waals surface area (Å²) >= 11 is 0. The Morgan fingerprint density at radius 3 is 1.92 bits per heavy atom. The normalized spacial score (nSPS) is 27.2. The predicted molar refractivity (Wildman–Crippen MR) is 53.2 cm³/mol. The third kappa shape index (κ3) is 1.23. The first-order valence-electron chi connectivity index (χ1n) is 4.56. The molecule has 0 aliphatic heterocycles. The molecule has 1 aliphatic rings. The molecular weight excluding hydrogens is 148 g/mol. The van der Waals surface area contributed by atoms with Crippen LogP contribution in [0.4, 0.5) is 0 Å². The first-order valence-corrected chi connectivity index (χ1v) is 4.56. The van der Waals surface area contributed by atoms with Crippen molar-refractivity contribution >= 4 is 5.84 Å². The van der Waals surface area contributed by atoms with Crippen LogP contribution >= 0.6 is 0 Å². The Hall–Kier alpha value is -0.530. The van der Waals surface area contributed by atoms with Crippen molar-refractivity contribution in [3.8, 4) is 0 Å². The fourth-order valence-corrected chi connectivity index (χ4v) is 2.02. The van der Waals surface area contributed by atoms with Crippen LogP contribution in [0.25, 0.3) is 0 Å². The Balaban J connectivity index is 2.55. The van der Waals surface area contributed by atoms with Crippen molar-refractivity contribution in [2.75, 3.05) is 6.54 Å². The van der Waals surface area contributed by atoms with E-state index in [1.807, 2.05) is 6.92 Å². The predicted octanol–water partition coefficient (Wildman–Crippen LogP) is 2.05. The lowest BCUT2D eigenvalue weighted by Gasteiger charge is -2.04. The summed E-state index contributed by atoms with van der Waals surface area (Å²) in [6, 6.07) is 0.